The number of carbonyl (C=O) groups is 2. The number of hydrogen-bond acceptors (Lipinski definition) is 4. The van der Waals surface area contributed by atoms with Gasteiger partial charge in [0.25, 0.3) is 5.91 Å². The van der Waals surface area contributed by atoms with Gasteiger partial charge in [0.05, 0.1) is 4.88 Å². The molecule has 0 unspecified atom stereocenters. The van der Waals surface area contributed by atoms with Gasteiger partial charge in [0, 0.05) is 12.6 Å². The molecule has 0 aromatic carbocycles. The van der Waals surface area contributed by atoms with E-state index < -0.39 is 12.0 Å². The summed E-state index contributed by atoms with van der Waals surface area (Å²) in [6.45, 7) is 2.67. The molecule has 0 radical (unpaired) electrons. The largest absolute Gasteiger partial charge is 0.480 e. The maximum Gasteiger partial charge on any atom is 0.326 e. The minimum absolute atomic E-state index is 0.141. The Morgan fingerprint density at radius 2 is 2.00 bits per heavy atom. The van der Waals surface area contributed by atoms with Gasteiger partial charge in [-0.25, -0.2) is 4.79 Å². The number of carboxylic acids is 1. The number of aliphatic carboxylic acids is 1. The molecular weight excluding hydrogens is 288 g/mol. The summed E-state index contributed by atoms with van der Waals surface area (Å²) in [5, 5.41) is 11.4. The van der Waals surface area contributed by atoms with Crippen LogP contribution in [0.15, 0.2) is 17.5 Å². The molecule has 0 aliphatic carbocycles. The molecule has 0 bridgehead atoms. The van der Waals surface area contributed by atoms with Crippen LogP contribution in [0.3, 0.4) is 0 Å². The Morgan fingerprint density at radius 1 is 1.24 bits per heavy atom. The van der Waals surface area contributed by atoms with E-state index in [2.05, 4.69) is 4.90 Å². The van der Waals surface area contributed by atoms with Crippen molar-refractivity contribution in [3.63, 3.8) is 0 Å². The number of likely N-dealkylation sites (tertiary alicyclic amines) is 2. The lowest BCUT2D eigenvalue weighted by Gasteiger charge is -2.40. The molecule has 0 spiro atoms. The summed E-state index contributed by atoms with van der Waals surface area (Å²) in [5.41, 5.74) is 0. The van der Waals surface area contributed by atoms with Gasteiger partial charge < -0.3 is 14.9 Å². The van der Waals surface area contributed by atoms with E-state index in [9.17, 15) is 14.7 Å². The molecule has 1 amide bonds. The lowest BCUT2D eigenvalue weighted by Crippen LogP contribution is -2.54. The SMILES string of the molecule is O=C(O)[C@@H]1C[C@H](N2CCCC2)CCN1C(=O)c1cccs1. The smallest absolute Gasteiger partial charge is 0.326 e. The van der Waals surface area contributed by atoms with E-state index in [0.29, 0.717) is 23.9 Å². The van der Waals surface area contributed by atoms with Gasteiger partial charge in [0.1, 0.15) is 6.04 Å². The van der Waals surface area contributed by atoms with Crippen LogP contribution in [-0.4, -0.2) is 58.5 Å². The van der Waals surface area contributed by atoms with E-state index in [1.54, 1.807) is 11.0 Å². The Kier molecular flexibility index (Phi) is 4.26. The van der Waals surface area contributed by atoms with Crippen LogP contribution in [0.1, 0.15) is 35.4 Å². The van der Waals surface area contributed by atoms with Crippen molar-refractivity contribution in [3.05, 3.63) is 22.4 Å². The monoisotopic (exact) mass is 308 g/mol. The molecule has 5 nitrogen and oxygen atoms in total. The van der Waals surface area contributed by atoms with Crippen molar-refractivity contribution in [2.45, 2.75) is 37.8 Å². The molecule has 3 rings (SSSR count). The first-order valence-corrected chi connectivity index (χ1v) is 8.36. The molecule has 3 heterocycles. The Labute approximate surface area is 128 Å². The highest BCUT2D eigenvalue weighted by atomic mass is 32.1. The van der Waals surface area contributed by atoms with E-state index in [1.807, 2.05) is 11.4 Å². The third-order valence-electron chi connectivity index (χ3n) is 4.51. The average molecular weight is 308 g/mol. The van der Waals surface area contributed by atoms with Gasteiger partial charge in [-0.1, -0.05) is 6.07 Å². The quantitative estimate of drug-likeness (QED) is 0.926. The highest BCUT2D eigenvalue weighted by Gasteiger charge is 2.39. The molecule has 21 heavy (non-hydrogen) atoms. The first-order chi connectivity index (χ1) is 10.2. The molecule has 6 heteroatoms. The third-order valence-corrected chi connectivity index (χ3v) is 5.37. The molecule has 2 aliphatic heterocycles. The van der Waals surface area contributed by atoms with Crippen LogP contribution in [-0.2, 0) is 4.79 Å². The molecule has 0 saturated carbocycles. The van der Waals surface area contributed by atoms with Crippen LogP contribution in [0.4, 0.5) is 0 Å². The molecule has 1 aromatic rings. The van der Waals surface area contributed by atoms with Crippen LogP contribution >= 0.6 is 11.3 Å². The third kappa shape index (κ3) is 2.96. The van der Waals surface area contributed by atoms with Crippen molar-refractivity contribution < 1.29 is 14.7 Å². The van der Waals surface area contributed by atoms with Crippen molar-refractivity contribution in [2.24, 2.45) is 0 Å². The summed E-state index contributed by atoms with van der Waals surface area (Å²) in [7, 11) is 0. The van der Waals surface area contributed by atoms with E-state index in [-0.39, 0.29) is 5.91 Å². The molecule has 2 aliphatic rings. The number of amides is 1. The highest BCUT2D eigenvalue weighted by Crippen LogP contribution is 2.27. The summed E-state index contributed by atoms with van der Waals surface area (Å²) in [5.74, 6) is -1.03. The molecule has 2 fully saturated rings. The van der Waals surface area contributed by atoms with Crippen molar-refractivity contribution in [2.75, 3.05) is 19.6 Å². The van der Waals surface area contributed by atoms with E-state index in [1.165, 1.54) is 24.2 Å². The maximum atomic E-state index is 12.5. The van der Waals surface area contributed by atoms with Crippen molar-refractivity contribution >= 4 is 23.2 Å². The first kappa shape index (κ1) is 14.5. The number of thiophene rings is 1. The molecule has 2 atom stereocenters. The second-order valence-corrected chi connectivity index (χ2v) is 6.70. The first-order valence-electron chi connectivity index (χ1n) is 7.48. The zero-order valence-corrected chi connectivity index (χ0v) is 12.7. The molecule has 1 aromatic heterocycles. The Balaban J connectivity index is 1.73. The van der Waals surface area contributed by atoms with Gasteiger partial charge in [0.15, 0.2) is 0 Å². The van der Waals surface area contributed by atoms with E-state index in [0.717, 1.165) is 19.5 Å². The van der Waals surface area contributed by atoms with Crippen LogP contribution in [0.2, 0.25) is 0 Å². The minimum atomic E-state index is -0.885. The number of carbonyl (C=O) groups excluding carboxylic acids is 1. The minimum Gasteiger partial charge on any atom is -0.480 e. The normalized spacial score (nSPS) is 27.0. The summed E-state index contributed by atoms with van der Waals surface area (Å²) in [6.07, 6.45) is 3.82. The molecule has 2 saturated heterocycles. The van der Waals surface area contributed by atoms with Gasteiger partial charge in [-0.15, -0.1) is 11.3 Å². The van der Waals surface area contributed by atoms with E-state index in [4.69, 9.17) is 0 Å². The lowest BCUT2D eigenvalue weighted by molar-refractivity contribution is -0.144. The summed E-state index contributed by atoms with van der Waals surface area (Å²) in [4.78, 5) is 28.6. The molecular formula is C15H20N2O3S. The maximum absolute atomic E-state index is 12.5. The van der Waals surface area contributed by atoms with Crippen LogP contribution in [0, 0.1) is 0 Å². The van der Waals surface area contributed by atoms with Crippen LogP contribution < -0.4 is 0 Å². The number of piperidine rings is 1. The van der Waals surface area contributed by atoms with Crippen molar-refractivity contribution in [1.29, 1.82) is 0 Å². The Morgan fingerprint density at radius 3 is 2.62 bits per heavy atom. The summed E-state index contributed by atoms with van der Waals surface area (Å²) in [6, 6.07) is 3.20. The van der Waals surface area contributed by atoms with Crippen LogP contribution in [0.5, 0.6) is 0 Å². The van der Waals surface area contributed by atoms with Gasteiger partial charge >= 0.3 is 5.97 Å². The summed E-state index contributed by atoms with van der Waals surface area (Å²) < 4.78 is 0. The summed E-state index contributed by atoms with van der Waals surface area (Å²) >= 11 is 1.37. The standard InChI is InChI=1S/C15H20N2O3S/c18-14(13-4-3-9-21-13)17-8-5-11(10-12(17)15(19)20)16-6-1-2-7-16/h3-4,9,11-12H,1-2,5-8,10H2,(H,19,20)/t11-,12+/m1/s1. The highest BCUT2D eigenvalue weighted by molar-refractivity contribution is 7.12. The lowest BCUT2D eigenvalue weighted by atomic mass is 9.95. The second kappa shape index (κ2) is 6.15. The zero-order chi connectivity index (χ0) is 14.8. The van der Waals surface area contributed by atoms with Crippen molar-refractivity contribution in [1.82, 2.24) is 9.80 Å². The predicted molar refractivity (Wildman–Crippen MR) is 80.6 cm³/mol. The Bertz CT molecular complexity index is 511. The van der Waals surface area contributed by atoms with Gasteiger partial charge in [-0.2, -0.15) is 0 Å². The topological polar surface area (TPSA) is 60.9 Å². The number of carboxylic acid groups (broad SMARTS) is 1. The van der Waals surface area contributed by atoms with Gasteiger partial charge in [-0.05, 0) is 50.2 Å². The molecule has 1 N–H and O–H groups in total. The fourth-order valence-electron chi connectivity index (χ4n) is 3.40. The number of nitrogens with zero attached hydrogens (tertiary/aromatic N) is 2. The van der Waals surface area contributed by atoms with Gasteiger partial charge in [-0.3, -0.25) is 4.79 Å². The van der Waals surface area contributed by atoms with Gasteiger partial charge in [0.2, 0.25) is 0 Å². The average Bonchev–Trinajstić information content (AvgIpc) is 3.18. The fourth-order valence-corrected chi connectivity index (χ4v) is 4.08. The number of rotatable bonds is 3. The van der Waals surface area contributed by atoms with Crippen LogP contribution in [0.25, 0.3) is 0 Å². The molecule has 114 valence electrons. The second-order valence-electron chi connectivity index (χ2n) is 5.75. The Hall–Kier alpha value is -1.40. The fraction of sp³-hybridized carbons (Fsp3) is 0.600. The predicted octanol–water partition coefficient (Wildman–Crippen LogP) is 1.90. The number of hydrogen-bond donors (Lipinski definition) is 1. The zero-order valence-electron chi connectivity index (χ0n) is 11.9. The van der Waals surface area contributed by atoms with Crippen molar-refractivity contribution in [3.8, 4) is 0 Å². The van der Waals surface area contributed by atoms with E-state index >= 15 is 0 Å².